The summed E-state index contributed by atoms with van der Waals surface area (Å²) < 4.78 is 49.6. The van der Waals surface area contributed by atoms with E-state index in [0.717, 1.165) is 17.7 Å². The maximum atomic E-state index is 13.3. The zero-order valence-electron chi connectivity index (χ0n) is 19.0. The first kappa shape index (κ1) is 24.5. The number of halogens is 3. The number of amides is 2. The molecule has 8 nitrogen and oxygen atoms in total. The first-order valence-corrected chi connectivity index (χ1v) is 11.4. The van der Waals surface area contributed by atoms with E-state index in [1.165, 1.54) is 12.1 Å². The summed E-state index contributed by atoms with van der Waals surface area (Å²) in [5.74, 6) is 0.491. The topological polar surface area (TPSA) is 91.9 Å². The first-order valence-electron chi connectivity index (χ1n) is 11.4. The van der Waals surface area contributed by atoms with Crippen LogP contribution in [0.15, 0.2) is 28.8 Å². The number of hydrogen-bond donors (Lipinski definition) is 1. The molecule has 2 aliphatic heterocycles. The Morgan fingerprint density at radius 1 is 1.15 bits per heavy atom. The number of alkyl halides is 3. The third-order valence-electron chi connectivity index (χ3n) is 6.53. The molecule has 1 N–H and O–H groups in total. The van der Waals surface area contributed by atoms with E-state index in [0.29, 0.717) is 70.2 Å². The van der Waals surface area contributed by atoms with Crippen molar-refractivity contribution in [3.63, 3.8) is 0 Å². The molecule has 0 radical (unpaired) electrons. The Labute approximate surface area is 195 Å². The molecule has 2 saturated heterocycles. The van der Waals surface area contributed by atoms with Gasteiger partial charge in [0, 0.05) is 45.6 Å². The summed E-state index contributed by atoms with van der Waals surface area (Å²) in [5, 5.41) is 13.8. The highest BCUT2D eigenvalue weighted by Crippen LogP contribution is 2.37. The number of carbonyl (C=O) groups excluding carboxylic acids is 1. The van der Waals surface area contributed by atoms with Gasteiger partial charge in [-0.3, -0.25) is 0 Å². The molecule has 1 aromatic heterocycles. The molecule has 0 spiro atoms. The number of urea groups is 1. The Bertz CT molecular complexity index is 958. The van der Waals surface area contributed by atoms with E-state index in [1.807, 2.05) is 0 Å². The smallest absolute Gasteiger partial charge is 0.393 e. The zero-order chi connectivity index (χ0) is 24.3. The van der Waals surface area contributed by atoms with Crippen molar-refractivity contribution in [3.8, 4) is 0 Å². The molecule has 2 aliphatic rings. The maximum absolute atomic E-state index is 13.3. The van der Waals surface area contributed by atoms with Gasteiger partial charge in [0.1, 0.15) is 0 Å². The van der Waals surface area contributed by atoms with Gasteiger partial charge in [0.15, 0.2) is 5.82 Å². The third-order valence-corrected chi connectivity index (χ3v) is 6.53. The van der Waals surface area contributed by atoms with Gasteiger partial charge in [-0.05, 0) is 37.0 Å². The third kappa shape index (κ3) is 5.69. The van der Waals surface area contributed by atoms with Gasteiger partial charge < -0.3 is 24.2 Å². The molecule has 2 amide bonds. The molecule has 11 heteroatoms. The molecule has 1 aromatic carbocycles. The SMILES string of the molecule is COCCc1noc(C2CC(c3ccc(C(F)(F)F)cc3)CN(C(=O)N3CCC(O)CC3)C2)n1. The fourth-order valence-electron chi connectivity index (χ4n) is 4.61. The fourth-order valence-corrected chi connectivity index (χ4v) is 4.61. The molecule has 0 saturated carbocycles. The minimum absolute atomic E-state index is 0.146. The number of carbonyl (C=O) groups is 1. The van der Waals surface area contributed by atoms with E-state index in [1.54, 1.807) is 16.9 Å². The minimum Gasteiger partial charge on any atom is -0.393 e. The number of aromatic nitrogens is 2. The molecule has 2 aromatic rings. The second kappa shape index (κ2) is 10.3. The largest absolute Gasteiger partial charge is 0.416 e. The van der Waals surface area contributed by atoms with E-state index < -0.39 is 17.8 Å². The van der Waals surface area contributed by atoms with Crippen LogP contribution in [0.1, 0.15) is 53.9 Å². The van der Waals surface area contributed by atoms with Crippen LogP contribution in [-0.4, -0.2) is 77.1 Å². The van der Waals surface area contributed by atoms with Crippen molar-refractivity contribution < 1.29 is 32.3 Å². The molecule has 2 unspecified atom stereocenters. The highest BCUT2D eigenvalue weighted by molar-refractivity contribution is 5.75. The average molecular weight is 483 g/mol. The summed E-state index contributed by atoms with van der Waals surface area (Å²) >= 11 is 0. The van der Waals surface area contributed by atoms with Crippen LogP contribution in [-0.2, 0) is 17.3 Å². The van der Waals surface area contributed by atoms with Crippen molar-refractivity contribution in [1.29, 1.82) is 0 Å². The van der Waals surface area contributed by atoms with Crippen LogP contribution in [0.4, 0.5) is 18.0 Å². The quantitative estimate of drug-likeness (QED) is 0.702. The van der Waals surface area contributed by atoms with Gasteiger partial charge >= 0.3 is 12.2 Å². The molecule has 4 rings (SSSR count). The molecule has 0 bridgehead atoms. The molecule has 3 heterocycles. The van der Waals surface area contributed by atoms with Gasteiger partial charge in [-0.15, -0.1) is 0 Å². The van der Waals surface area contributed by atoms with Crippen LogP contribution in [0.5, 0.6) is 0 Å². The van der Waals surface area contributed by atoms with Crippen molar-refractivity contribution in [2.45, 2.75) is 49.8 Å². The van der Waals surface area contributed by atoms with E-state index in [-0.39, 0.29) is 17.9 Å². The Hall–Kier alpha value is -2.66. The van der Waals surface area contributed by atoms with Gasteiger partial charge in [-0.1, -0.05) is 17.3 Å². The number of rotatable bonds is 5. The van der Waals surface area contributed by atoms with E-state index in [4.69, 9.17) is 9.26 Å². The summed E-state index contributed by atoms with van der Waals surface area (Å²) in [6, 6.07) is 4.97. The summed E-state index contributed by atoms with van der Waals surface area (Å²) in [6.45, 7) is 2.14. The standard InChI is InChI=1S/C23H29F3N4O4/c1-33-11-8-20-27-21(34-28-20)17-12-16(15-2-4-18(5-3-15)23(24,25)26)13-30(14-17)22(32)29-9-6-19(31)7-10-29/h2-5,16-17,19,31H,6-14H2,1H3. The van der Waals surface area contributed by atoms with Gasteiger partial charge in [-0.25, -0.2) is 4.79 Å². The van der Waals surface area contributed by atoms with Gasteiger partial charge in [0.25, 0.3) is 0 Å². The number of aliphatic hydroxyl groups excluding tert-OH is 1. The van der Waals surface area contributed by atoms with Crippen LogP contribution in [0.2, 0.25) is 0 Å². The van der Waals surface area contributed by atoms with Crippen LogP contribution >= 0.6 is 0 Å². The number of methoxy groups -OCH3 is 1. The highest BCUT2D eigenvalue weighted by atomic mass is 19.4. The van der Waals surface area contributed by atoms with E-state index in [9.17, 15) is 23.1 Å². The first-order chi connectivity index (χ1) is 16.2. The second-order valence-corrected chi connectivity index (χ2v) is 8.95. The van der Waals surface area contributed by atoms with Crippen molar-refractivity contribution in [2.24, 2.45) is 0 Å². The van der Waals surface area contributed by atoms with Gasteiger partial charge in [0.2, 0.25) is 5.89 Å². The number of likely N-dealkylation sites (tertiary alicyclic amines) is 2. The Morgan fingerprint density at radius 3 is 2.47 bits per heavy atom. The fraction of sp³-hybridized carbons (Fsp3) is 0.609. The number of aliphatic hydroxyl groups is 1. The summed E-state index contributed by atoms with van der Waals surface area (Å²) in [5.41, 5.74) is 0.0202. The van der Waals surface area contributed by atoms with Crippen LogP contribution in [0, 0.1) is 0 Å². The normalized spacial score (nSPS) is 22.3. The lowest BCUT2D eigenvalue weighted by molar-refractivity contribution is -0.137. The molecule has 2 atom stereocenters. The van der Waals surface area contributed by atoms with Gasteiger partial charge in [-0.2, -0.15) is 18.2 Å². The zero-order valence-corrected chi connectivity index (χ0v) is 19.0. The monoisotopic (exact) mass is 482 g/mol. The molecular formula is C23H29F3N4O4. The molecule has 186 valence electrons. The predicted molar refractivity (Wildman–Crippen MR) is 115 cm³/mol. The van der Waals surface area contributed by atoms with Crippen LogP contribution in [0.25, 0.3) is 0 Å². The molecular weight excluding hydrogens is 453 g/mol. The lowest BCUT2D eigenvalue weighted by Gasteiger charge is -2.40. The summed E-state index contributed by atoms with van der Waals surface area (Å²) in [6.07, 6.45) is -2.69. The average Bonchev–Trinajstić information content (AvgIpc) is 3.31. The molecule has 34 heavy (non-hydrogen) atoms. The van der Waals surface area contributed by atoms with Crippen LogP contribution < -0.4 is 0 Å². The van der Waals surface area contributed by atoms with E-state index in [2.05, 4.69) is 10.1 Å². The number of benzene rings is 1. The minimum atomic E-state index is -4.41. The van der Waals surface area contributed by atoms with Crippen molar-refractivity contribution in [2.75, 3.05) is 39.9 Å². The lowest BCUT2D eigenvalue weighted by atomic mass is 9.84. The van der Waals surface area contributed by atoms with Crippen LogP contribution in [0.3, 0.4) is 0 Å². The maximum Gasteiger partial charge on any atom is 0.416 e. The second-order valence-electron chi connectivity index (χ2n) is 8.95. The van der Waals surface area contributed by atoms with E-state index >= 15 is 0 Å². The summed E-state index contributed by atoms with van der Waals surface area (Å²) in [7, 11) is 1.58. The summed E-state index contributed by atoms with van der Waals surface area (Å²) in [4.78, 5) is 21.2. The Kier molecular flexibility index (Phi) is 7.42. The highest BCUT2D eigenvalue weighted by Gasteiger charge is 2.37. The number of ether oxygens (including phenoxy) is 1. The lowest BCUT2D eigenvalue weighted by Crippen LogP contribution is -2.51. The Balaban J connectivity index is 1.55. The number of piperidine rings is 2. The van der Waals surface area contributed by atoms with Crippen molar-refractivity contribution in [3.05, 3.63) is 47.1 Å². The van der Waals surface area contributed by atoms with Crippen molar-refractivity contribution >= 4 is 6.03 Å². The predicted octanol–water partition coefficient (Wildman–Crippen LogP) is 3.43. The molecule has 0 aliphatic carbocycles. The van der Waals surface area contributed by atoms with Crippen molar-refractivity contribution in [1.82, 2.24) is 19.9 Å². The number of hydrogen-bond acceptors (Lipinski definition) is 6. The molecule has 2 fully saturated rings. The van der Waals surface area contributed by atoms with Gasteiger partial charge in [0.05, 0.1) is 24.2 Å². The number of nitrogens with zero attached hydrogens (tertiary/aromatic N) is 4. The Morgan fingerprint density at radius 2 is 1.82 bits per heavy atom.